The fourth-order valence-electron chi connectivity index (χ4n) is 4.56. The molecule has 33 heavy (non-hydrogen) atoms. The number of rotatable bonds is 6. The predicted molar refractivity (Wildman–Crippen MR) is 124 cm³/mol. The van der Waals surface area contributed by atoms with Crippen LogP contribution in [0.4, 0.5) is 5.69 Å². The molecule has 0 aliphatic carbocycles. The highest BCUT2D eigenvalue weighted by Crippen LogP contribution is 2.47. The van der Waals surface area contributed by atoms with Gasteiger partial charge < -0.3 is 15.0 Å². The Morgan fingerprint density at radius 2 is 1.97 bits per heavy atom. The number of hydrogen-bond donors (Lipinski definition) is 1. The lowest BCUT2D eigenvalue weighted by Crippen LogP contribution is -2.47. The van der Waals surface area contributed by atoms with E-state index in [9.17, 15) is 22.8 Å². The van der Waals surface area contributed by atoms with Gasteiger partial charge in [0.1, 0.15) is 6.04 Å². The molecule has 1 aromatic rings. The zero-order chi connectivity index (χ0) is 23.8. The number of amides is 2. The Labute approximate surface area is 198 Å². The van der Waals surface area contributed by atoms with Gasteiger partial charge in [0.15, 0.2) is 6.61 Å². The maximum atomic E-state index is 13.0. The third-order valence-corrected chi connectivity index (χ3v) is 9.90. The van der Waals surface area contributed by atoms with Gasteiger partial charge in [-0.3, -0.25) is 9.59 Å². The number of fused-ring (bicyclic) bond motifs is 1. The molecule has 0 bridgehead atoms. The van der Waals surface area contributed by atoms with Gasteiger partial charge in [-0.15, -0.1) is 11.8 Å². The Kier molecular flexibility index (Phi) is 6.75. The van der Waals surface area contributed by atoms with Crippen LogP contribution in [0.3, 0.4) is 0 Å². The van der Waals surface area contributed by atoms with Crippen molar-refractivity contribution in [3.8, 4) is 0 Å². The van der Waals surface area contributed by atoms with E-state index in [1.165, 1.54) is 16.4 Å². The topological polar surface area (TPSA) is 113 Å². The number of carbonyl (C=O) groups is 3. The minimum absolute atomic E-state index is 0.0729. The highest BCUT2D eigenvalue weighted by molar-refractivity contribution is 8.01. The van der Waals surface area contributed by atoms with Crippen LogP contribution < -0.4 is 5.32 Å². The molecular weight excluding hydrogens is 466 g/mol. The quantitative estimate of drug-likeness (QED) is 0.602. The summed E-state index contributed by atoms with van der Waals surface area (Å²) < 4.78 is 32.6. The van der Waals surface area contributed by atoms with Gasteiger partial charge in [0.05, 0.1) is 9.77 Å². The van der Waals surface area contributed by atoms with Crippen LogP contribution in [0.5, 0.6) is 0 Å². The Balaban J connectivity index is 1.38. The number of anilines is 1. The first-order valence-electron chi connectivity index (χ1n) is 11.2. The first-order chi connectivity index (χ1) is 15.6. The zero-order valence-corrected chi connectivity index (χ0v) is 20.5. The van der Waals surface area contributed by atoms with Crippen molar-refractivity contribution < 1.29 is 27.5 Å². The van der Waals surface area contributed by atoms with E-state index < -0.39 is 34.5 Å². The molecule has 2 atom stereocenters. The average molecular weight is 496 g/mol. The molecule has 0 saturated carbocycles. The molecule has 0 spiro atoms. The molecule has 9 nitrogen and oxygen atoms in total. The molecule has 1 N–H and O–H groups in total. The number of piperidine rings is 1. The van der Waals surface area contributed by atoms with Crippen LogP contribution in [-0.2, 0) is 29.1 Å². The molecule has 1 aromatic carbocycles. The summed E-state index contributed by atoms with van der Waals surface area (Å²) in [5, 5.41) is 2.65. The molecule has 0 aromatic heterocycles. The van der Waals surface area contributed by atoms with E-state index in [1.54, 1.807) is 29.7 Å². The van der Waals surface area contributed by atoms with E-state index in [0.717, 1.165) is 19.3 Å². The standard InChI is InChI=1S/C22H29N3O6S2/c1-15-6-7-16(33(29,30)24-10-4-3-5-11-24)12-17(15)23-19(26)13-31-21(28)18-14-32-22(2)9-8-20(27)25(18)22/h6-7,12,18H,3-5,8-11,13-14H2,1-2H3,(H,23,26)/t18-,22+/m1/s1. The SMILES string of the molecule is Cc1ccc(S(=O)(=O)N2CCCCC2)cc1NC(=O)COC(=O)[C@H]1CS[C@@]2(C)CCC(=O)N12. The second kappa shape index (κ2) is 9.27. The van der Waals surface area contributed by atoms with Crippen LogP contribution >= 0.6 is 11.8 Å². The lowest BCUT2D eigenvalue weighted by molar-refractivity contribution is -0.155. The molecule has 0 unspecified atom stereocenters. The molecule has 3 heterocycles. The van der Waals surface area contributed by atoms with Crippen molar-refractivity contribution in [2.75, 3.05) is 30.8 Å². The van der Waals surface area contributed by atoms with Crippen LogP contribution in [0.1, 0.15) is 44.6 Å². The Morgan fingerprint density at radius 1 is 1.24 bits per heavy atom. The number of sulfonamides is 1. The number of nitrogens with zero attached hydrogens (tertiary/aromatic N) is 2. The van der Waals surface area contributed by atoms with E-state index in [-0.39, 0.29) is 15.7 Å². The lowest BCUT2D eigenvalue weighted by atomic mass is 10.2. The molecule has 2 amide bonds. The molecule has 0 radical (unpaired) electrons. The maximum Gasteiger partial charge on any atom is 0.330 e. The third kappa shape index (κ3) is 4.76. The van der Waals surface area contributed by atoms with Crippen LogP contribution in [0, 0.1) is 6.92 Å². The number of esters is 1. The molecule has 4 rings (SSSR count). The fourth-order valence-corrected chi connectivity index (χ4v) is 7.53. The van der Waals surface area contributed by atoms with Gasteiger partial charge in [-0.1, -0.05) is 12.5 Å². The van der Waals surface area contributed by atoms with Crippen LogP contribution in [0.2, 0.25) is 0 Å². The molecule has 180 valence electrons. The van der Waals surface area contributed by atoms with E-state index in [4.69, 9.17) is 4.74 Å². The average Bonchev–Trinajstić information content (AvgIpc) is 3.29. The summed E-state index contributed by atoms with van der Waals surface area (Å²) in [5.41, 5.74) is 1.05. The Bertz CT molecular complexity index is 1070. The summed E-state index contributed by atoms with van der Waals surface area (Å²) in [4.78, 5) is 38.5. The summed E-state index contributed by atoms with van der Waals surface area (Å²) in [6.07, 6.45) is 3.79. The molecule has 3 aliphatic rings. The second-order valence-corrected chi connectivity index (χ2v) is 12.3. The third-order valence-electron chi connectivity index (χ3n) is 6.50. The highest BCUT2D eigenvalue weighted by atomic mass is 32.2. The van der Waals surface area contributed by atoms with Crippen LogP contribution in [0.15, 0.2) is 23.1 Å². The van der Waals surface area contributed by atoms with E-state index in [0.29, 0.717) is 42.9 Å². The predicted octanol–water partition coefficient (Wildman–Crippen LogP) is 2.11. The summed E-state index contributed by atoms with van der Waals surface area (Å²) in [5.74, 6) is -0.802. The van der Waals surface area contributed by atoms with Crippen molar-refractivity contribution in [1.82, 2.24) is 9.21 Å². The number of aryl methyl sites for hydroxylation is 1. The molecule has 3 aliphatic heterocycles. The van der Waals surface area contributed by atoms with Crippen molar-refractivity contribution >= 4 is 45.3 Å². The van der Waals surface area contributed by atoms with Crippen molar-refractivity contribution in [2.45, 2.75) is 61.8 Å². The van der Waals surface area contributed by atoms with Crippen molar-refractivity contribution in [1.29, 1.82) is 0 Å². The number of ether oxygens (including phenoxy) is 1. The summed E-state index contributed by atoms with van der Waals surface area (Å²) in [6.45, 7) is 4.17. The van der Waals surface area contributed by atoms with Gasteiger partial charge in [-0.05, 0) is 50.8 Å². The van der Waals surface area contributed by atoms with Crippen LogP contribution in [-0.4, -0.2) is 71.8 Å². The number of thioether (sulfide) groups is 1. The smallest absolute Gasteiger partial charge is 0.330 e. The van der Waals surface area contributed by atoms with Gasteiger partial charge in [0, 0.05) is 31.0 Å². The van der Waals surface area contributed by atoms with Gasteiger partial charge in [0.2, 0.25) is 15.9 Å². The first-order valence-corrected chi connectivity index (χ1v) is 13.6. The van der Waals surface area contributed by atoms with Crippen LogP contribution in [0.25, 0.3) is 0 Å². The van der Waals surface area contributed by atoms with E-state index in [2.05, 4.69) is 5.32 Å². The van der Waals surface area contributed by atoms with Crippen molar-refractivity contribution in [3.05, 3.63) is 23.8 Å². The minimum Gasteiger partial charge on any atom is -0.454 e. The van der Waals surface area contributed by atoms with Gasteiger partial charge in [-0.25, -0.2) is 13.2 Å². The van der Waals surface area contributed by atoms with Crippen molar-refractivity contribution in [3.63, 3.8) is 0 Å². The normalized spacial score (nSPS) is 25.7. The largest absolute Gasteiger partial charge is 0.454 e. The molecular formula is C22H29N3O6S2. The molecule has 3 fully saturated rings. The summed E-state index contributed by atoms with van der Waals surface area (Å²) in [6, 6.07) is 3.94. The number of nitrogens with one attached hydrogen (secondary N) is 1. The van der Waals surface area contributed by atoms with Gasteiger partial charge in [-0.2, -0.15) is 4.31 Å². The minimum atomic E-state index is -3.64. The number of benzene rings is 1. The van der Waals surface area contributed by atoms with E-state index >= 15 is 0 Å². The van der Waals surface area contributed by atoms with Gasteiger partial charge in [0.25, 0.3) is 5.91 Å². The highest BCUT2D eigenvalue weighted by Gasteiger charge is 2.53. The number of carbonyl (C=O) groups excluding carboxylic acids is 3. The molecule has 3 saturated heterocycles. The lowest BCUT2D eigenvalue weighted by Gasteiger charge is -2.29. The summed E-state index contributed by atoms with van der Waals surface area (Å²) >= 11 is 1.55. The second-order valence-electron chi connectivity index (χ2n) is 8.86. The van der Waals surface area contributed by atoms with Gasteiger partial charge >= 0.3 is 5.97 Å². The molecule has 11 heteroatoms. The Morgan fingerprint density at radius 3 is 2.70 bits per heavy atom. The maximum absolute atomic E-state index is 13.0. The number of hydrogen-bond acceptors (Lipinski definition) is 7. The fraction of sp³-hybridized carbons (Fsp3) is 0.591. The van der Waals surface area contributed by atoms with E-state index in [1.807, 2.05) is 6.92 Å². The first kappa shape index (κ1) is 24.0. The zero-order valence-electron chi connectivity index (χ0n) is 18.8. The summed E-state index contributed by atoms with van der Waals surface area (Å²) in [7, 11) is -3.64. The monoisotopic (exact) mass is 495 g/mol. The Hall–Kier alpha value is -2.11. The van der Waals surface area contributed by atoms with Crippen molar-refractivity contribution in [2.24, 2.45) is 0 Å².